The van der Waals surface area contributed by atoms with Crippen LogP contribution < -0.4 is 11.4 Å². The predicted molar refractivity (Wildman–Crippen MR) is 192 cm³/mol. The van der Waals surface area contributed by atoms with Gasteiger partial charge in [-0.3, -0.25) is 14.2 Å². The molecule has 1 aromatic rings. The molecule has 290 valence electrons. The maximum Gasteiger partial charge on any atom is 0.351 e. The number of hydrogen-bond acceptors (Lipinski definition) is 10. The van der Waals surface area contributed by atoms with Gasteiger partial charge in [-0.05, 0) is 111 Å². The van der Waals surface area contributed by atoms with Crippen LogP contribution >= 0.6 is 0 Å². The number of fused-ring (bicyclic) bond motifs is 1. The average molecular weight is 742 g/mol. The van der Waals surface area contributed by atoms with E-state index in [2.05, 4.69) is 43.6 Å². The van der Waals surface area contributed by atoms with E-state index in [0.29, 0.717) is 34.7 Å². The summed E-state index contributed by atoms with van der Waals surface area (Å²) in [5.74, 6) is -3.59. The minimum Gasteiger partial charge on any atom is -0.463 e. The monoisotopic (exact) mass is 741 g/mol. The van der Waals surface area contributed by atoms with E-state index >= 15 is 0 Å². The summed E-state index contributed by atoms with van der Waals surface area (Å²) in [5, 5.41) is 20.5. The fourth-order valence-electron chi connectivity index (χ4n) is 9.09. The average Bonchev–Trinajstić information content (AvgIpc) is 3.87. The first-order chi connectivity index (χ1) is 25.2. The topological polar surface area (TPSA) is 163 Å². The molecule has 9 atom stereocenters. The number of alkyl halides is 2. The van der Waals surface area contributed by atoms with Gasteiger partial charge in [-0.25, -0.2) is 4.79 Å². The molecule has 0 aromatic carbocycles. The van der Waals surface area contributed by atoms with E-state index < -0.39 is 54.7 Å². The summed E-state index contributed by atoms with van der Waals surface area (Å²) in [4.78, 5) is 40.7. The Morgan fingerprint density at radius 3 is 2.62 bits per heavy atom. The Morgan fingerprint density at radius 1 is 1.13 bits per heavy atom. The minimum atomic E-state index is -3.89. The van der Waals surface area contributed by atoms with Crippen LogP contribution in [0.25, 0.3) is 0 Å². The molecule has 4 N–H and O–H groups in total. The van der Waals surface area contributed by atoms with Gasteiger partial charge in [0.25, 0.3) is 0 Å². The van der Waals surface area contributed by atoms with Crippen molar-refractivity contribution < 1.29 is 42.8 Å². The molecule has 53 heavy (non-hydrogen) atoms. The third-order valence-electron chi connectivity index (χ3n) is 12.3. The lowest BCUT2D eigenvalue weighted by Crippen LogP contribution is -2.42. The van der Waals surface area contributed by atoms with Gasteiger partial charge >= 0.3 is 23.6 Å². The highest BCUT2D eigenvalue weighted by Gasteiger charge is 2.60. The zero-order chi connectivity index (χ0) is 38.1. The lowest BCUT2D eigenvalue weighted by Gasteiger charge is -2.44. The predicted octanol–water partition coefficient (Wildman–Crippen LogP) is 5.73. The van der Waals surface area contributed by atoms with Gasteiger partial charge < -0.3 is 30.2 Å². The van der Waals surface area contributed by atoms with Crippen LogP contribution in [-0.4, -0.2) is 68.6 Å². The van der Waals surface area contributed by atoms with Crippen LogP contribution in [0, 0.1) is 29.1 Å². The first kappa shape index (κ1) is 39.0. The highest BCUT2D eigenvalue weighted by Crippen LogP contribution is 2.59. The molecule has 11 nitrogen and oxygen atoms in total. The molecular formula is C40H53F2N3O8. The first-order valence-corrected chi connectivity index (χ1v) is 19.0. The van der Waals surface area contributed by atoms with Gasteiger partial charge in [0.1, 0.15) is 24.6 Å². The molecule has 0 radical (unpaired) electrons. The maximum atomic E-state index is 14.8. The molecule has 0 bridgehead atoms. The van der Waals surface area contributed by atoms with Gasteiger partial charge in [-0.1, -0.05) is 50.3 Å². The van der Waals surface area contributed by atoms with E-state index in [1.54, 1.807) is 0 Å². The third kappa shape index (κ3) is 8.52. The van der Waals surface area contributed by atoms with Crippen LogP contribution in [0.2, 0.25) is 0 Å². The lowest BCUT2D eigenvalue weighted by molar-refractivity contribution is -0.156. The van der Waals surface area contributed by atoms with Crippen LogP contribution in [0.1, 0.15) is 97.1 Å². The quantitative estimate of drug-likeness (QED) is 0.178. The Morgan fingerprint density at radius 2 is 1.89 bits per heavy atom. The third-order valence-corrected chi connectivity index (χ3v) is 12.3. The maximum absolute atomic E-state index is 14.8. The summed E-state index contributed by atoms with van der Waals surface area (Å²) in [6.45, 7) is 8.29. The molecule has 0 amide bonds. The van der Waals surface area contributed by atoms with E-state index in [0.717, 1.165) is 68.4 Å². The van der Waals surface area contributed by atoms with Crippen molar-refractivity contribution in [1.29, 1.82) is 0 Å². The van der Waals surface area contributed by atoms with Crippen molar-refractivity contribution >= 4 is 17.8 Å². The molecular weight excluding hydrogens is 688 g/mol. The number of aliphatic hydroxyl groups is 2. The van der Waals surface area contributed by atoms with Crippen molar-refractivity contribution in [3.8, 4) is 0 Å². The highest BCUT2D eigenvalue weighted by molar-refractivity contribution is 5.78. The van der Waals surface area contributed by atoms with Crippen LogP contribution in [0.5, 0.6) is 0 Å². The summed E-state index contributed by atoms with van der Waals surface area (Å²) < 4.78 is 46.0. The fraction of sp³-hybridized carbons (Fsp3) is 0.650. The molecule has 1 aromatic heterocycles. The van der Waals surface area contributed by atoms with Crippen LogP contribution in [0.3, 0.4) is 0 Å². The van der Waals surface area contributed by atoms with Crippen molar-refractivity contribution in [2.45, 2.75) is 127 Å². The number of hydrogen-bond donors (Lipinski definition) is 3. The van der Waals surface area contributed by atoms with Crippen LogP contribution in [-0.2, 0) is 23.8 Å². The van der Waals surface area contributed by atoms with Gasteiger partial charge in [0, 0.05) is 6.20 Å². The number of allylic oxidation sites excluding steroid dienone is 4. The molecule has 5 aliphatic rings. The van der Waals surface area contributed by atoms with Crippen molar-refractivity contribution in [3.63, 3.8) is 0 Å². The number of esters is 2. The van der Waals surface area contributed by atoms with Gasteiger partial charge in [0.15, 0.2) is 6.10 Å². The van der Waals surface area contributed by atoms with Gasteiger partial charge in [-0.2, -0.15) is 13.8 Å². The van der Waals surface area contributed by atoms with Gasteiger partial charge in [0.2, 0.25) is 6.23 Å². The lowest BCUT2D eigenvalue weighted by atomic mass is 9.61. The van der Waals surface area contributed by atoms with E-state index in [1.807, 2.05) is 6.08 Å². The number of rotatable bonds is 12. The molecule has 1 aliphatic heterocycles. The number of nitrogens with zero attached hydrogens (tertiary/aromatic N) is 2. The zero-order valence-corrected chi connectivity index (χ0v) is 30.6. The molecule has 6 rings (SSSR count). The zero-order valence-electron chi connectivity index (χ0n) is 30.6. The molecule has 2 heterocycles. The van der Waals surface area contributed by atoms with E-state index in [1.165, 1.54) is 18.4 Å². The standard InChI is InChI=1S/C40H53F2N3O8/c1-23(9-16-30(46)27-12-13-27)28-14-15-29-26(7-5-20-39(28,29)3)11-10-25-6-4-8-31(24(25)2)52-35(48)18-17-34(47)51-22-32-36(49)40(41,42)37(53-32)45-21-19-33(43)44-38(45)50/h9-11,16,19,21,23,27-32,36-37,46,49H,2,4-8,12-15,17-18,20,22H2,1,3H3,(H2,43,44,50)/b16-9+,25-10-,26-11+/t23?,28?,29?,30?,31?,32?,36?,37?,39-/m1/s1. The SMILES string of the molecule is C=C1/C(=C\C=C2/CCC[C@@]3(C)C2CCC3C(C)/C=C/C(O)C2CC2)CCCC1OC(=O)CCC(=O)OCC1OC(n2ccc(N)nc2=O)C(F)(F)C1O. The Balaban J connectivity index is 0.978. The minimum absolute atomic E-state index is 0.167. The first-order valence-electron chi connectivity index (χ1n) is 19.0. The molecule has 4 aliphatic carbocycles. The second-order valence-electron chi connectivity index (χ2n) is 15.9. The summed E-state index contributed by atoms with van der Waals surface area (Å²) in [7, 11) is 0. The number of carbonyl (C=O) groups excluding carboxylic acids is 2. The second-order valence-corrected chi connectivity index (χ2v) is 15.9. The molecule has 1 saturated heterocycles. The molecule has 8 unspecified atom stereocenters. The number of anilines is 1. The molecule has 13 heteroatoms. The summed E-state index contributed by atoms with van der Waals surface area (Å²) in [5.41, 5.74) is 7.82. The van der Waals surface area contributed by atoms with Crippen molar-refractivity contribution in [3.05, 3.63) is 70.3 Å². The van der Waals surface area contributed by atoms with Gasteiger partial charge in [-0.15, -0.1) is 0 Å². The van der Waals surface area contributed by atoms with Crippen LogP contribution in [0.4, 0.5) is 14.6 Å². The Bertz CT molecular complexity index is 1700. The molecule has 4 saturated carbocycles. The number of nitrogens with two attached hydrogens (primary N) is 1. The van der Waals surface area contributed by atoms with E-state index in [-0.39, 0.29) is 30.2 Å². The Hall–Kier alpha value is -3.68. The second kappa shape index (κ2) is 16.0. The number of nitrogen functional groups attached to an aromatic ring is 1. The van der Waals surface area contributed by atoms with Crippen molar-refractivity contribution in [1.82, 2.24) is 9.55 Å². The Kier molecular flexibility index (Phi) is 11.8. The number of ether oxygens (including phenoxy) is 3. The van der Waals surface area contributed by atoms with Crippen molar-refractivity contribution in [2.75, 3.05) is 12.3 Å². The highest BCUT2D eigenvalue weighted by atomic mass is 19.3. The number of carbonyl (C=O) groups is 2. The summed E-state index contributed by atoms with van der Waals surface area (Å²) >= 11 is 0. The number of aromatic nitrogens is 2. The summed E-state index contributed by atoms with van der Waals surface area (Å²) in [6.07, 6.45) is 12.3. The number of halogens is 2. The van der Waals surface area contributed by atoms with E-state index in [9.17, 15) is 33.4 Å². The fourth-order valence-corrected chi connectivity index (χ4v) is 9.09. The molecule has 0 spiro atoms. The summed E-state index contributed by atoms with van der Waals surface area (Å²) in [6, 6.07) is 1.14. The Labute approximate surface area is 309 Å². The van der Waals surface area contributed by atoms with Gasteiger partial charge in [0.05, 0.1) is 18.9 Å². The normalized spacial score (nSPS) is 34.0. The number of aliphatic hydroxyl groups excluding tert-OH is 2. The van der Waals surface area contributed by atoms with Crippen molar-refractivity contribution in [2.24, 2.45) is 29.1 Å². The molecule has 5 fully saturated rings. The van der Waals surface area contributed by atoms with Crippen LogP contribution in [0.15, 0.2) is 64.7 Å². The smallest absolute Gasteiger partial charge is 0.351 e. The largest absolute Gasteiger partial charge is 0.463 e. The van der Waals surface area contributed by atoms with E-state index in [4.69, 9.17) is 19.9 Å².